The SMILES string of the molecule is Cn1ncc(NC2CCN(C(C)(C)C)CC2)c(Br)c1=O. The van der Waals surface area contributed by atoms with Gasteiger partial charge in [-0.15, -0.1) is 0 Å². The van der Waals surface area contributed by atoms with Crippen LogP contribution in [0.25, 0.3) is 0 Å². The van der Waals surface area contributed by atoms with Crippen LogP contribution in [0.5, 0.6) is 0 Å². The van der Waals surface area contributed by atoms with Gasteiger partial charge in [-0.2, -0.15) is 5.10 Å². The highest BCUT2D eigenvalue weighted by molar-refractivity contribution is 9.10. The number of hydrogen-bond acceptors (Lipinski definition) is 4. The molecule has 6 heteroatoms. The average Bonchev–Trinajstić information content (AvgIpc) is 2.39. The summed E-state index contributed by atoms with van der Waals surface area (Å²) in [5, 5.41) is 7.50. The normalized spacial score (nSPS) is 18.2. The highest BCUT2D eigenvalue weighted by Crippen LogP contribution is 2.24. The Labute approximate surface area is 128 Å². The van der Waals surface area contributed by atoms with E-state index in [1.165, 1.54) is 4.68 Å². The molecule has 0 aliphatic carbocycles. The molecule has 112 valence electrons. The van der Waals surface area contributed by atoms with E-state index in [0.717, 1.165) is 31.6 Å². The molecule has 0 spiro atoms. The molecule has 1 aromatic rings. The number of aryl methyl sites for hydroxylation is 1. The molecule has 0 bridgehead atoms. The van der Waals surface area contributed by atoms with Crippen molar-refractivity contribution in [2.24, 2.45) is 7.05 Å². The monoisotopic (exact) mass is 342 g/mol. The predicted molar refractivity (Wildman–Crippen MR) is 85.1 cm³/mol. The van der Waals surface area contributed by atoms with Gasteiger partial charge in [0.2, 0.25) is 0 Å². The number of hydrogen-bond donors (Lipinski definition) is 1. The van der Waals surface area contributed by atoms with E-state index < -0.39 is 0 Å². The van der Waals surface area contributed by atoms with Gasteiger partial charge in [0.1, 0.15) is 4.47 Å². The molecule has 2 rings (SSSR count). The molecule has 1 aromatic heterocycles. The van der Waals surface area contributed by atoms with Crippen molar-refractivity contribution in [3.05, 3.63) is 21.0 Å². The molecule has 0 aromatic carbocycles. The summed E-state index contributed by atoms with van der Waals surface area (Å²) < 4.78 is 1.89. The molecule has 2 heterocycles. The van der Waals surface area contributed by atoms with Crippen LogP contribution in [0.2, 0.25) is 0 Å². The van der Waals surface area contributed by atoms with Crippen LogP contribution < -0.4 is 10.9 Å². The third kappa shape index (κ3) is 3.41. The summed E-state index contributed by atoms with van der Waals surface area (Å²) in [6, 6.07) is 0.402. The number of anilines is 1. The Bertz CT molecular complexity index is 527. The Hall–Kier alpha value is -0.880. The number of likely N-dealkylation sites (tertiary alicyclic amines) is 1. The maximum absolute atomic E-state index is 11.8. The van der Waals surface area contributed by atoms with Crippen LogP contribution in [0, 0.1) is 0 Å². The molecular formula is C14H23BrN4O. The summed E-state index contributed by atoms with van der Waals surface area (Å²) in [6.45, 7) is 8.92. The number of nitrogens with zero attached hydrogens (tertiary/aromatic N) is 3. The fourth-order valence-electron chi connectivity index (χ4n) is 2.53. The van der Waals surface area contributed by atoms with Crippen LogP contribution in [-0.4, -0.2) is 39.4 Å². The molecule has 0 unspecified atom stereocenters. The van der Waals surface area contributed by atoms with Crippen LogP contribution in [0.3, 0.4) is 0 Å². The minimum atomic E-state index is -0.109. The maximum atomic E-state index is 11.8. The van der Waals surface area contributed by atoms with E-state index in [2.05, 4.69) is 52.0 Å². The minimum absolute atomic E-state index is 0.109. The zero-order chi connectivity index (χ0) is 14.9. The van der Waals surface area contributed by atoms with Crippen molar-refractivity contribution in [2.45, 2.75) is 45.2 Å². The Balaban J connectivity index is 2.00. The zero-order valence-corrected chi connectivity index (χ0v) is 14.2. The van der Waals surface area contributed by atoms with E-state index in [0.29, 0.717) is 10.5 Å². The topological polar surface area (TPSA) is 50.2 Å². The fourth-order valence-corrected chi connectivity index (χ4v) is 3.00. The largest absolute Gasteiger partial charge is 0.380 e. The van der Waals surface area contributed by atoms with Gasteiger partial charge in [0.15, 0.2) is 0 Å². The molecule has 5 nitrogen and oxygen atoms in total. The van der Waals surface area contributed by atoms with Gasteiger partial charge in [0.25, 0.3) is 5.56 Å². The molecule has 1 fully saturated rings. The lowest BCUT2D eigenvalue weighted by Gasteiger charge is -2.41. The van der Waals surface area contributed by atoms with Crippen LogP contribution in [0.15, 0.2) is 15.5 Å². The van der Waals surface area contributed by atoms with Crippen LogP contribution in [0.4, 0.5) is 5.69 Å². The third-order valence-corrected chi connectivity index (χ3v) is 4.65. The maximum Gasteiger partial charge on any atom is 0.282 e. The second-order valence-corrected chi connectivity index (χ2v) is 7.17. The van der Waals surface area contributed by atoms with E-state index in [9.17, 15) is 4.79 Å². The number of aromatic nitrogens is 2. The lowest BCUT2D eigenvalue weighted by Crippen LogP contribution is -2.48. The van der Waals surface area contributed by atoms with Gasteiger partial charge >= 0.3 is 0 Å². The summed E-state index contributed by atoms with van der Waals surface area (Å²) in [5.41, 5.74) is 0.917. The molecule has 1 N–H and O–H groups in total. The van der Waals surface area contributed by atoms with Crippen molar-refractivity contribution in [2.75, 3.05) is 18.4 Å². The Kier molecular flexibility index (Phi) is 4.54. The minimum Gasteiger partial charge on any atom is -0.380 e. The van der Waals surface area contributed by atoms with Gasteiger partial charge in [-0.25, -0.2) is 4.68 Å². The van der Waals surface area contributed by atoms with Crippen molar-refractivity contribution < 1.29 is 0 Å². The van der Waals surface area contributed by atoms with Crippen molar-refractivity contribution in [1.29, 1.82) is 0 Å². The van der Waals surface area contributed by atoms with E-state index in [-0.39, 0.29) is 11.1 Å². The van der Waals surface area contributed by atoms with Gasteiger partial charge in [-0.1, -0.05) is 0 Å². The van der Waals surface area contributed by atoms with Gasteiger partial charge < -0.3 is 5.32 Å². The number of halogens is 1. The first-order chi connectivity index (χ1) is 9.29. The van der Waals surface area contributed by atoms with Crippen LogP contribution in [0.1, 0.15) is 33.6 Å². The lowest BCUT2D eigenvalue weighted by atomic mass is 9.98. The highest BCUT2D eigenvalue weighted by Gasteiger charge is 2.27. The zero-order valence-electron chi connectivity index (χ0n) is 12.6. The summed E-state index contributed by atoms with van der Waals surface area (Å²) in [4.78, 5) is 14.3. The second-order valence-electron chi connectivity index (χ2n) is 6.38. The molecule has 0 atom stereocenters. The Morgan fingerprint density at radius 1 is 1.35 bits per heavy atom. The molecule has 20 heavy (non-hydrogen) atoms. The van der Waals surface area contributed by atoms with Crippen molar-refractivity contribution in [3.8, 4) is 0 Å². The first-order valence-corrected chi connectivity index (χ1v) is 7.82. The van der Waals surface area contributed by atoms with Gasteiger partial charge in [-0.3, -0.25) is 9.69 Å². The van der Waals surface area contributed by atoms with Crippen molar-refractivity contribution >= 4 is 21.6 Å². The smallest absolute Gasteiger partial charge is 0.282 e. The molecule has 1 aliphatic rings. The number of nitrogens with one attached hydrogen (secondary N) is 1. The van der Waals surface area contributed by atoms with Crippen LogP contribution in [-0.2, 0) is 7.05 Å². The lowest BCUT2D eigenvalue weighted by molar-refractivity contribution is 0.106. The summed E-state index contributed by atoms with van der Waals surface area (Å²) in [6.07, 6.45) is 3.87. The Morgan fingerprint density at radius 3 is 2.50 bits per heavy atom. The summed E-state index contributed by atoms with van der Waals surface area (Å²) in [5.74, 6) is 0. The van der Waals surface area contributed by atoms with Gasteiger partial charge in [-0.05, 0) is 49.5 Å². The number of rotatable bonds is 2. The molecule has 1 saturated heterocycles. The van der Waals surface area contributed by atoms with E-state index in [1.807, 2.05) is 0 Å². The molecular weight excluding hydrogens is 320 g/mol. The molecule has 0 saturated carbocycles. The predicted octanol–water partition coefficient (Wildman–Crippen LogP) is 2.22. The summed E-state index contributed by atoms with van der Waals surface area (Å²) in [7, 11) is 1.65. The standard InChI is InChI=1S/C14H23BrN4O/c1-14(2,3)19-7-5-10(6-8-19)17-11-9-16-18(4)13(20)12(11)15/h9-10,17H,5-8H2,1-4H3. The Morgan fingerprint density at radius 2 is 1.95 bits per heavy atom. The van der Waals surface area contributed by atoms with E-state index in [1.54, 1.807) is 13.2 Å². The average molecular weight is 343 g/mol. The molecule has 0 amide bonds. The van der Waals surface area contributed by atoms with Crippen molar-refractivity contribution in [1.82, 2.24) is 14.7 Å². The fraction of sp³-hybridized carbons (Fsp3) is 0.714. The van der Waals surface area contributed by atoms with E-state index in [4.69, 9.17) is 0 Å². The van der Waals surface area contributed by atoms with Gasteiger partial charge in [0, 0.05) is 31.7 Å². The first-order valence-electron chi connectivity index (χ1n) is 7.02. The van der Waals surface area contributed by atoms with Gasteiger partial charge in [0.05, 0.1) is 11.9 Å². The van der Waals surface area contributed by atoms with Crippen molar-refractivity contribution in [3.63, 3.8) is 0 Å². The van der Waals surface area contributed by atoms with Crippen LogP contribution >= 0.6 is 15.9 Å². The number of piperidine rings is 1. The molecule has 1 aliphatic heterocycles. The molecule has 0 radical (unpaired) electrons. The van der Waals surface area contributed by atoms with E-state index >= 15 is 0 Å². The first kappa shape index (κ1) is 15.5. The quantitative estimate of drug-likeness (QED) is 0.895. The summed E-state index contributed by atoms with van der Waals surface area (Å²) >= 11 is 3.36. The third-order valence-electron chi connectivity index (χ3n) is 3.88. The highest BCUT2D eigenvalue weighted by atomic mass is 79.9. The second kappa shape index (κ2) is 5.85.